The summed E-state index contributed by atoms with van der Waals surface area (Å²) >= 11 is 0. The van der Waals surface area contributed by atoms with Crippen LogP contribution in [0, 0.1) is 17.8 Å². The minimum atomic E-state index is 0.543. The maximum Gasteiger partial charge on any atom is 0.119 e. The van der Waals surface area contributed by atoms with Gasteiger partial charge in [0.1, 0.15) is 5.75 Å². The molecule has 0 aromatic heterocycles. The van der Waals surface area contributed by atoms with Crippen molar-refractivity contribution in [1.82, 2.24) is 0 Å². The average Bonchev–Trinajstić information content (AvgIpc) is 2.83. The van der Waals surface area contributed by atoms with Crippen molar-refractivity contribution in [3.8, 4) is 17.6 Å². The summed E-state index contributed by atoms with van der Waals surface area (Å²) in [5.41, 5.74) is 4.06. The third-order valence-corrected chi connectivity index (χ3v) is 6.54. The van der Waals surface area contributed by atoms with Crippen LogP contribution in [0.25, 0.3) is 0 Å². The number of benzene rings is 2. The Morgan fingerprint density at radius 2 is 1.48 bits per heavy atom. The van der Waals surface area contributed by atoms with Crippen molar-refractivity contribution in [3.63, 3.8) is 0 Å². The highest BCUT2D eigenvalue weighted by atomic mass is 16.5. The van der Waals surface area contributed by atoms with E-state index in [1.807, 2.05) is 0 Å². The minimum absolute atomic E-state index is 0.543. The summed E-state index contributed by atoms with van der Waals surface area (Å²) in [6, 6.07) is 17.7. The predicted octanol–water partition coefficient (Wildman–Crippen LogP) is 8.31. The molecule has 0 unspecified atom stereocenters. The zero-order valence-electron chi connectivity index (χ0n) is 19.7. The van der Waals surface area contributed by atoms with Crippen LogP contribution in [0.1, 0.15) is 101 Å². The smallest absolute Gasteiger partial charge is 0.119 e. The molecule has 0 radical (unpaired) electrons. The van der Waals surface area contributed by atoms with Crippen LogP contribution >= 0.6 is 0 Å². The van der Waals surface area contributed by atoms with E-state index in [0.717, 1.165) is 24.3 Å². The lowest BCUT2D eigenvalue weighted by Gasteiger charge is -2.26. The molecular weight excluding hydrogens is 376 g/mol. The molecule has 0 saturated heterocycles. The van der Waals surface area contributed by atoms with Gasteiger partial charge in [-0.3, -0.25) is 0 Å². The highest BCUT2D eigenvalue weighted by Gasteiger charge is 2.21. The average molecular weight is 417 g/mol. The van der Waals surface area contributed by atoms with Crippen LogP contribution in [0.4, 0.5) is 0 Å². The van der Waals surface area contributed by atoms with Crippen LogP contribution in [0.2, 0.25) is 0 Å². The van der Waals surface area contributed by atoms with E-state index in [2.05, 4.69) is 74.2 Å². The molecule has 0 bridgehead atoms. The number of unbranched alkanes of at least 4 members (excludes halogenated alkanes) is 4. The van der Waals surface area contributed by atoms with E-state index in [1.165, 1.54) is 75.3 Å². The van der Waals surface area contributed by atoms with Crippen molar-refractivity contribution in [3.05, 3.63) is 65.2 Å². The molecule has 0 amide bonds. The van der Waals surface area contributed by atoms with Crippen LogP contribution < -0.4 is 4.74 Å². The molecule has 1 saturated carbocycles. The molecule has 1 nitrogen and oxygen atoms in total. The van der Waals surface area contributed by atoms with Gasteiger partial charge in [0.25, 0.3) is 0 Å². The maximum atomic E-state index is 5.89. The predicted molar refractivity (Wildman–Crippen MR) is 133 cm³/mol. The van der Waals surface area contributed by atoms with Gasteiger partial charge in [-0.15, -0.1) is 0 Å². The fraction of sp³-hybridized carbons (Fsp3) is 0.533. The Hall–Kier alpha value is -2.20. The first-order chi connectivity index (χ1) is 15.3. The Bertz CT molecular complexity index is 798. The number of hydrogen-bond acceptors (Lipinski definition) is 1. The summed E-state index contributed by atoms with van der Waals surface area (Å²) in [5.74, 6) is 9.21. The monoisotopic (exact) mass is 416 g/mol. The lowest BCUT2D eigenvalue weighted by molar-refractivity contribution is 0.304. The zero-order valence-corrected chi connectivity index (χ0v) is 19.7. The van der Waals surface area contributed by atoms with E-state index >= 15 is 0 Å². The van der Waals surface area contributed by atoms with Crippen LogP contribution in [0.15, 0.2) is 48.5 Å². The molecule has 31 heavy (non-hydrogen) atoms. The van der Waals surface area contributed by atoms with Crippen LogP contribution in [-0.2, 0) is 6.42 Å². The molecule has 0 N–H and O–H groups in total. The normalized spacial score (nSPS) is 18.3. The van der Waals surface area contributed by atoms with Crippen molar-refractivity contribution in [1.29, 1.82) is 0 Å². The van der Waals surface area contributed by atoms with Gasteiger partial charge in [0.15, 0.2) is 0 Å². The molecular formula is C30H40O. The second-order valence-corrected chi connectivity index (χ2v) is 9.10. The van der Waals surface area contributed by atoms with E-state index in [-0.39, 0.29) is 0 Å². The summed E-state index contributed by atoms with van der Waals surface area (Å²) in [7, 11) is 0. The third-order valence-electron chi connectivity index (χ3n) is 6.54. The van der Waals surface area contributed by atoms with Crippen LogP contribution in [-0.4, -0.2) is 6.61 Å². The lowest BCUT2D eigenvalue weighted by Crippen LogP contribution is -2.12. The molecule has 3 rings (SSSR count). The first-order valence-corrected chi connectivity index (χ1v) is 12.6. The van der Waals surface area contributed by atoms with E-state index in [9.17, 15) is 0 Å². The van der Waals surface area contributed by atoms with Crippen LogP contribution in [0.3, 0.4) is 0 Å². The van der Waals surface area contributed by atoms with Gasteiger partial charge < -0.3 is 4.74 Å². The highest BCUT2D eigenvalue weighted by molar-refractivity contribution is 5.37. The molecule has 2 aromatic rings. The highest BCUT2D eigenvalue weighted by Crippen LogP contribution is 2.36. The topological polar surface area (TPSA) is 9.23 Å². The summed E-state index contributed by atoms with van der Waals surface area (Å²) in [6.07, 6.45) is 13.6. The van der Waals surface area contributed by atoms with Gasteiger partial charge in [-0.1, -0.05) is 75.6 Å². The molecule has 1 fully saturated rings. The summed E-state index contributed by atoms with van der Waals surface area (Å²) in [5, 5.41) is 0. The maximum absolute atomic E-state index is 5.89. The van der Waals surface area contributed by atoms with Crippen molar-refractivity contribution in [2.75, 3.05) is 6.61 Å². The van der Waals surface area contributed by atoms with E-state index < -0.39 is 0 Å². The van der Waals surface area contributed by atoms with Crippen molar-refractivity contribution < 1.29 is 4.74 Å². The summed E-state index contributed by atoms with van der Waals surface area (Å²) in [4.78, 5) is 0. The van der Waals surface area contributed by atoms with Gasteiger partial charge in [-0.2, -0.15) is 0 Å². The standard InChI is InChI=1S/C30H40O/c1-3-5-7-8-24-31-30-22-20-29(21-23-30)28-18-16-27(17-19-28)15-14-26-12-10-25(11-13-26)9-6-4-2/h10-13,20-23,27-28H,3-9,16-19,24H2,1-2H3. The molecule has 0 heterocycles. The van der Waals surface area contributed by atoms with Gasteiger partial charge in [-0.25, -0.2) is 0 Å². The van der Waals surface area contributed by atoms with Gasteiger partial charge in [-0.05, 0) is 86.3 Å². The first-order valence-electron chi connectivity index (χ1n) is 12.6. The molecule has 0 aliphatic heterocycles. The Morgan fingerprint density at radius 1 is 0.774 bits per heavy atom. The Morgan fingerprint density at radius 3 is 2.16 bits per heavy atom. The van der Waals surface area contributed by atoms with Crippen molar-refractivity contribution >= 4 is 0 Å². The molecule has 0 spiro atoms. The first kappa shape index (κ1) is 23.5. The minimum Gasteiger partial charge on any atom is -0.494 e. The molecule has 166 valence electrons. The SMILES string of the molecule is CCCCCCOc1ccc(C2CCC(C#Cc3ccc(CCCC)cc3)CC2)cc1. The Labute approximate surface area is 190 Å². The van der Waals surface area contributed by atoms with Crippen LogP contribution in [0.5, 0.6) is 5.75 Å². The molecule has 2 aromatic carbocycles. The number of ether oxygens (including phenoxy) is 1. The molecule has 1 heteroatoms. The fourth-order valence-electron chi connectivity index (χ4n) is 4.45. The van der Waals surface area contributed by atoms with Gasteiger partial charge in [0.2, 0.25) is 0 Å². The van der Waals surface area contributed by atoms with E-state index in [1.54, 1.807) is 0 Å². The number of hydrogen-bond donors (Lipinski definition) is 0. The van der Waals surface area contributed by atoms with Crippen molar-refractivity contribution in [2.45, 2.75) is 90.4 Å². The van der Waals surface area contributed by atoms with Gasteiger partial charge in [0.05, 0.1) is 6.61 Å². The Balaban J connectivity index is 1.42. The summed E-state index contributed by atoms with van der Waals surface area (Å²) in [6.45, 7) is 5.33. The summed E-state index contributed by atoms with van der Waals surface area (Å²) < 4.78 is 5.89. The van der Waals surface area contributed by atoms with Crippen molar-refractivity contribution in [2.24, 2.45) is 5.92 Å². The van der Waals surface area contributed by atoms with Gasteiger partial charge in [0, 0.05) is 11.5 Å². The quantitative estimate of drug-likeness (QED) is 0.279. The van der Waals surface area contributed by atoms with E-state index in [0.29, 0.717) is 11.8 Å². The molecule has 0 atom stereocenters. The Kier molecular flexibility index (Phi) is 10.0. The molecule has 1 aliphatic carbocycles. The fourth-order valence-corrected chi connectivity index (χ4v) is 4.45. The zero-order chi connectivity index (χ0) is 21.7. The number of aryl methyl sites for hydroxylation is 1. The molecule has 1 aliphatic rings. The third kappa shape index (κ3) is 8.10. The van der Waals surface area contributed by atoms with E-state index in [4.69, 9.17) is 4.74 Å². The second-order valence-electron chi connectivity index (χ2n) is 9.10. The van der Waals surface area contributed by atoms with Gasteiger partial charge >= 0.3 is 0 Å². The lowest BCUT2D eigenvalue weighted by atomic mass is 9.79. The number of rotatable bonds is 10. The largest absolute Gasteiger partial charge is 0.494 e. The second kappa shape index (κ2) is 13.3.